The summed E-state index contributed by atoms with van der Waals surface area (Å²) < 4.78 is 15.1. The molecule has 3 nitrogen and oxygen atoms in total. The standard InChI is InChI=1S/C14H6Br2FNO2/c15-9-5-11(17)12(6-10(9)16)18-13(19)7-3-1-2-4-8(7)14(18)20/h1-6H. The highest BCUT2D eigenvalue weighted by molar-refractivity contribution is 9.13. The number of carbonyl (C=O) groups excluding carboxylic acids is 2. The van der Waals surface area contributed by atoms with E-state index < -0.39 is 17.6 Å². The first-order chi connectivity index (χ1) is 9.50. The van der Waals surface area contributed by atoms with Crippen LogP contribution in [-0.4, -0.2) is 11.8 Å². The molecule has 20 heavy (non-hydrogen) atoms. The summed E-state index contributed by atoms with van der Waals surface area (Å²) in [7, 11) is 0. The molecule has 0 radical (unpaired) electrons. The summed E-state index contributed by atoms with van der Waals surface area (Å²) in [6.07, 6.45) is 0. The summed E-state index contributed by atoms with van der Waals surface area (Å²) in [5.41, 5.74) is 0.512. The van der Waals surface area contributed by atoms with Gasteiger partial charge >= 0.3 is 0 Å². The molecule has 6 heteroatoms. The Hall–Kier alpha value is -1.53. The molecule has 0 spiro atoms. The molecule has 3 rings (SSSR count). The van der Waals surface area contributed by atoms with Crippen LogP contribution in [0.15, 0.2) is 45.3 Å². The van der Waals surface area contributed by atoms with E-state index in [4.69, 9.17) is 0 Å². The minimum Gasteiger partial charge on any atom is -0.268 e. The second kappa shape index (κ2) is 4.79. The molecule has 1 aliphatic rings. The van der Waals surface area contributed by atoms with Gasteiger partial charge in [-0.25, -0.2) is 9.29 Å². The first-order valence-corrected chi connectivity index (χ1v) is 7.21. The van der Waals surface area contributed by atoms with E-state index in [2.05, 4.69) is 31.9 Å². The molecule has 0 fully saturated rings. The number of anilines is 1. The van der Waals surface area contributed by atoms with E-state index in [1.165, 1.54) is 12.1 Å². The van der Waals surface area contributed by atoms with Crippen LogP contribution in [0.5, 0.6) is 0 Å². The van der Waals surface area contributed by atoms with E-state index in [1.807, 2.05) is 0 Å². The number of benzene rings is 2. The van der Waals surface area contributed by atoms with Crippen LogP contribution in [0.25, 0.3) is 0 Å². The first kappa shape index (κ1) is 13.5. The van der Waals surface area contributed by atoms with E-state index in [0.29, 0.717) is 8.95 Å². The molecule has 100 valence electrons. The zero-order valence-corrected chi connectivity index (χ0v) is 13.0. The highest BCUT2D eigenvalue weighted by Gasteiger charge is 2.37. The van der Waals surface area contributed by atoms with Gasteiger partial charge in [0.1, 0.15) is 5.82 Å². The summed E-state index contributed by atoms with van der Waals surface area (Å²) in [6, 6.07) is 9.07. The second-order valence-corrected chi connectivity index (χ2v) is 5.92. The van der Waals surface area contributed by atoms with Crippen molar-refractivity contribution in [2.45, 2.75) is 0 Å². The van der Waals surface area contributed by atoms with Crippen LogP contribution in [0.2, 0.25) is 0 Å². The Morgan fingerprint density at radius 1 is 0.900 bits per heavy atom. The summed E-state index contributed by atoms with van der Waals surface area (Å²) in [5.74, 6) is -1.67. The quantitative estimate of drug-likeness (QED) is 0.534. The van der Waals surface area contributed by atoms with Gasteiger partial charge in [0.15, 0.2) is 0 Å². The smallest absolute Gasteiger partial charge is 0.266 e. The minimum absolute atomic E-state index is 0.0636. The van der Waals surface area contributed by atoms with Crippen molar-refractivity contribution >= 4 is 49.4 Å². The van der Waals surface area contributed by atoms with Gasteiger partial charge < -0.3 is 0 Å². The fraction of sp³-hybridized carbons (Fsp3) is 0. The second-order valence-electron chi connectivity index (χ2n) is 4.21. The SMILES string of the molecule is O=C1c2ccccc2C(=O)N1c1cc(Br)c(Br)cc1F. The van der Waals surface area contributed by atoms with Gasteiger partial charge in [0, 0.05) is 8.95 Å². The number of carbonyl (C=O) groups is 2. The largest absolute Gasteiger partial charge is 0.268 e. The molecular weight excluding hydrogens is 393 g/mol. The fourth-order valence-electron chi connectivity index (χ4n) is 2.09. The number of hydrogen-bond donors (Lipinski definition) is 0. The summed E-state index contributed by atoms with van der Waals surface area (Å²) >= 11 is 6.41. The monoisotopic (exact) mass is 397 g/mol. The average molecular weight is 399 g/mol. The Labute approximate surface area is 130 Å². The Balaban J connectivity index is 2.17. The van der Waals surface area contributed by atoms with Crippen molar-refractivity contribution in [2.75, 3.05) is 4.90 Å². The van der Waals surface area contributed by atoms with Gasteiger partial charge in [-0.05, 0) is 56.1 Å². The third kappa shape index (κ3) is 1.91. The number of imide groups is 1. The number of fused-ring (bicyclic) bond motifs is 1. The lowest BCUT2D eigenvalue weighted by Crippen LogP contribution is -2.30. The summed E-state index contributed by atoms with van der Waals surface area (Å²) in [5, 5.41) is 0. The molecule has 2 aromatic carbocycles. The highest BCUT2D eigenvalue weighted by Crippen LogP contribution is 2.35. The maximum atomic E-state index is 14.1. The summed E-state index contributed by atoms with van der Waals surface area (Å²) in [4.78, 5) is 25.4. The van der Waals surface area contributed by atoms with E-state index in [0.717, 1.165) is 4.90 Å². The van der Waals surface area contributed by atoms with E-state index in [-0.39, 0.29) is 16.8 Å². The molecule has 2 aromatic rings. The van der Waals surface area contributed by atoms with Crippen molar-refractivity contribution in [2.24, 2.45) is 0 Å². The van der Waals surface area contributed by atoms with Gasteiger partial charge in [0.25, 0.3) is 11.8 Å². The third-order valence-corrected chi connectivity index (χ3v) is 4.87. The maximum absolute atomic E-state index is 14.1. The summed E-state index contributed by atoms with van der Waals surface area (Å²) in [6.45, 7) is 0. The van der Waals surface area contributed by atoms with Crippen molar-refractivity contribution in [3.8, 4) is 0 Å². The van der Waals surface area contributed by atoms with Crippen LogP contribution in [0.3, 0.4) is 0 Å². The van der Waals surface area contributed by atoms with Gasteiger partial charge in [-0.2, -0.15) is 0 Å². The topological polar surface area (TPSA) is 37.4 Å². The molecule has 2 amide bonds. The molecule has 1 aliphatic heterocycles. The number of halogens is 3. The van der Waals surface area contributed by atoms with Crippen molar-refractivity contribution in [3.63, 3.8) is 0 Å². The molecule has 0 bridgehead atoms. The molecule has 0 saturated carbocycles. The molecule has 0 aromatic heterocycles. The maximum Gasteiger partial charge on any atom is 0.266 e. The molecule has 1 heterocycles. The Morgan fingerprint density at radius 2 is 1.40 bits per heavy atom. The van der Waals surface area contributed by atoms with Crippen molar-refractivity contribution < 1.29 is 14.0 Å². The third-order valence-electron chi connectivity index (χ3n) is 3.02. The van der Waals surface area contributed by atoms with Crippen LogP contribution in [0, 0.1) is 5.82 Å². The van der Waals surface area contributed by atoms with Crippen LogP contribution in [0.1, 0.15) is 20.7 Å². The molecule has 0 unspecified atom stereocenters. The number of amides is 2. The Morgan fingerprint density at radius 3 is 1.95 bits per heavy atom. The highest BCUT2D eigenvalue weighted by atomic mass is 79.9. The van der Waals surface area contributed by atoms with Gasteiger partial charge in [-0.15, -0.1) is 0 Å². The minimum atomic E-state index is -0.644. The molecule has 0 aliphatic carbocycles. The van der Waals surface area contributed by atoms with Crippen LogP contribution in [-0.2, 0) is 0 Å². The number of nitrogens with zero attached hydrogens (tertiary/aromatic N) is 1. The van der Waals surface area contributed by atoms with Gasteiger partial charge in [-0.1, -0.05) is 12.1 Å². The lowest BCUT2D eigenvalue weighted by Gasteiger charge is -2.15. The van der Waals surface area contributed by atoms with Crippen molar-refractivity contribution in [1.82, 2.24) is 0 Å². The number of rotatable bonds is 1. The lowest BCUT2D eigenvalue weighted by atomic mass is 10.1. The van der Waals surface area contributed by atoms with E-state index in [1.54, 1.807) is 24.3 Å². The Kier molecular flexibility index (Phi) is 3.22. The molecule has 0 N–H and O–H groups in total. The van der Waals surface area contributed by atoms with Crippen molar-refractivity contribution in [1.29, 1.82) is 0 Å². The molecule has 0 atom stereocenters. The Bertz CT molecular complexity index is 726. The lowest BCUT2D eigenvalue weighted by molar-refractivity contribution is 0.0925. The molecular formula is C14H6Br2FNO2. The van der Waals surface area contributed by atoms with E-state index >= 15 is 0 Å². The molecule has 0 saturated heterocycles. The van der Waals surface area contributed by atoms with Crippen molar-refractivity contribution in [3.05, 3.63) is 62.3 Å². The van der Waals surface area contributed by atoms with Gasteiger partial charge in [0.2, 0.25) is 0 Å². The zero-order valence-electron chi connectivity index (χ0n) is 9.86. The average Bonchev–Trinajstić information content (AvgIpc) is 2.68. The van der Waals surface area contributed by atoms with Crippen LogP contribution < -0.4 is 4.90 Å². The van der Waals surface area contributed by atoms with E-state index in [9.17, 15) is 14.0 Å². The first-order valence-electron chi connectivity index (χ1n) is 5.63. The van der Waals surface area contributed by atoms with Crippen LogP contribution in [0.4, 0.5) is 10.1 Å². The fourth-order valence-corrected chi connectivity index (χ4v) is 2.74. The van der Waals surface area contributed by atoms with Gasteiger partial charge in [-0.3, -0.25) is 9.59 Å². The van der Waals surface area contributed by atoms with Gasteiger partial charge in [0.05, 0.1) is 16.8 Å². The zero-order chi connectivity index (χ0) is 14.4. The predicted molar refractivity (Wildman–Crippen MR) is 79.4 cm³/mol. The van der Waals surface area contributed by atoms with Crippen LogP contribution >= 0.6 is 31.9 Å². The normalized spacial score (nSPS) is 13.8. The predicted octanol–water partition coefficient (Wildman–Crippen LogP) is 4.15. The number of hydrogen-bond acceptors (Lipinski definition) is 2.